The molecule has 0 atom stereocenters. The summed E-state index contributed by atoms with van der Waals surface area (Å²) in [6, 6.07) is 0. The quantitative estimate of drug-likeness (QED) is 0.443. The zero-order chi connectivity index (χ0) is 4.12. The molecular weight excluding hydrogens is 179 g/mol. The minimum atomic E-state index is 1.61. The molecule has 0 saturated carbocycles. The minimum absolute atomic E-state index is 1.61. The molecule has 0 bridgehead atoms. The van der Waals surface area contributed by atoms with Crippen LogP contribution in [-0.2, 0) is 4.74 Å². The lowest BCUT2D eigenvalue weighted by Gasteiger charge is -1.75. The Kier molecular flexibility index (Phi) is 4.50. The minimum Gasteiger partial charge on any atom is -0.504 e. The smallest absolute Gasteiger partial charge is 0.0885 e. The lowest BCUT2D eigenvalue weighted by Crippen LogP contribution is -1.56. The van der Waals surface area contributed by atoms with E-state index in [4.69, 9.17) is 0 Å². The van der Waals surface area contributed by atoms with Crippen LogP contribution in [0.25, 0.3) is 0 Å². The number of hydrogen-bond donors (Lipinski definition) is 0. The monoisotopic (exact) mass is 184 g/mol. The number of ether oxygens (including phenoxy) is 1. The van der Waals surface area contributed by atoms with E-state index in [-0.39, 0.29) is 0 Å². The first-order valence-corrected chi connectivity index (χ1v) is 2.44. The van der Waals surface area contributed by atoms with Crippen LogP contribution in [0.1, 0.15) is 0 Å². The van der Waals surface area contributed by atoms with Gasteiger partial charge < -0.3 is 4.74 Å². The van der Waals surface area contributed by atoms with E-state index >= 15 is 0 Å². The van der Waals surface area contributed by atoms with Gasteiger partial charge in [0.1, 0.15) is 0 Å². The Balaban J connectivity index is 2.62. The molecule has 2 heteroatoms. The maximum absolute atomic E-state index is 4.50. The maximum atomic E-state index is 4.50. The van der Waals surface area contributed by atoms with Crippen LogP contribution in [0.4, 0.5) is 0 Å². The van der Waals surface area contributed by atoms with Gasteiger partial charge in [-0.2, -0.15) is 0 Å². The highest BCUT2D eigenvalue weighted by Gasteiger charge is 1.48. The van der Waals surface area contributed by atoms with Gasteiger partial charge in [0.05, 0.1) is 13.4 Å². The van der Waals surface area contributed by atoms with Gasteiger partial charge in [-0.05, 0) is 22.6 Å². The molecule has 0 rings (SSSR count). The van der Waals surface area contributed by atoms with E-state index in [0.717, 1.165) is 0 Å². The van der Waals surface area contributed by atoms with Crippen molar-refractivity contribution in [2.45, 2.75) is 0 Å². The van der Waals surface area contributed by atoms with Gasteiger partial charge >= 0.3 is 0 Å². The predicted octanol–water partition coefficient (Wildman–Crippen LogP) is 1.54. The molecule has 0 spiro atoms. The summed E-state index contributed by atoms with van der Waals surface area (Å²) in [4.78, 5) is 0. The van der Waals surface area contributed by atoms with Crippen molar-refractivity contribution in [2.24, 2.45) is 0 Å². The molecule has 0 aliphatic carbocycles. The van der Waals surface area contributed by atoms with Gasteiger partial charge in [-0.25, -0.2) is 0 Å². The van der Waals surface area contributed by atoms with E-state index in [1.165, 1.54) is 0 Å². The first-order chi connectivity index (χ1) is 2.41. The average Bonchev–Trinajstić information content (AvgIpc) is 1.41. The Morgan fingerprint density at radius 3 is 2.40 bits per heavy atom. The highest BCUT2D eigenvalue weighted by atomic mass is 127. The third-order valence-electron chi connectivity index (χ3n) is 0.188. The second-order valence-electron chi connectivity index (χ2n) is 0.498. The lowest BCUT2D eigenvalue weighted by molar-refractivity contribution is 0.339. The van der Waals surface area contributed by atoms with Crippen LogP contribution >= 0.6 is 22.6 Å². The van der Waals surface area contributed by atoms with Gasteiger partial charge in [-0.3, -0.25) is 0 Å². The fourth-order valence-corrected chi connectivity index (χ4v) is 0.345. The van der Waals surface area contributed by atoms with E-state index in [1.54, 1.807) is 17.5 Å². The largest absolute Gasteiger partial charge is 0.504 e. The molecule has 30 valence electrons. The van der Waals surface area contributed by atoms with Crippen LogP contribution in [0.15, 0.2) is 10.3 Å². The molecule has 0 aromatic rings. The van der Waals surface area contributed by atoms with Crippen molar-refractivity contribution in [1.29, 1.82) is 0 Å². The van der Waals surface area contributed by atoms with E-state index < -0.39 is 0 Å². The van der Waals surface area contributed by atoms with Crippen molar-refractivity contribution in [3.8, 4) is 0 Å². The normalized spacial score (nSPS) is 9.20. The van der Waals surface area contributed by atoms with Crippen molar-refractivity contribution < 1.29 is 4.74 Å². The molecule has 0 amide bonds. The molecule has 0 unspecified atom stereocenters. The first-order valence-electron chi connectivity index (χ1n) is 1.20. The van der Waals surface area contributed by atoms with Gasteiger partial charge in [-0.15, -0.1) is 0 Å². The maximum Gasteiger partial charge on any atom is 0.0885 e. The number of methoxy groups -OCH3 is 1. The molecule has 0 N–H and O–H groups in total. The summed E-state index contributed by atoms with van der Waals surface area (Å²) in [5, 5.41) is 0. The number of rotatable bonds is 1. The van der Waals surface area contributed by atoms with Gasteiger partial charge in [-0.1, -0.05) is 0 Å². The lowest BCUT2D eigenvalue weighted by atomic mass is 11.2. The summed E-state index contributed by atoms with van der Waals surface area (Å²) in [6.07, 6.45) is 1.61. The Labute approximate surface area is 45.2 Å². The van der Waals surface area contributed by atoms with Crippen LogP contribution < -0.4 is 0 Å². The van der Waals surface area contributed by atoms with Crippen LogP contribution in [0, 0.1) is 0 Å². The summed E-state index contributed by atoms with van der Waals surface area (Å²) in [7, 11) is 1.62. The van der Waals surface area contributed by atoms with Crippen molar-refractivity contribution in [3.05, 3.63) is 10.3 Å². The molecule has 0 aliphatic heterocycles. The Hall–Kier alpha value is 0.270. The molecule has 0 aromatic carbocycles. The van der Waals surface area contributed by atoms with Crippen molar-refractivity contribution in [3.63, 3.8) is 0 Å². The fraction of sp³-hybridized carbons (Fsp3) is 0.333. The summed E-state index contributed by atoms with van der Waals surface area (Å²) >= 11 is 2.08. The third-order valence-corrected chi connectivity index (χ3v) is 0.481. The van der Waals surface area contributed by atoms with Gasteiger partial charge in [0.15, 0.2) is 0 Å². The summed E-state index contributed by atoms with van der Waals surface area (Å²) in [6.45, 7) is 0. The van der Waals surface area contributed by atoms with Crippen molar-refractivity contribution in [1.82, 2.24) is 0 Å². The molecule has 0 saturated heterocycles. The first kappa shape index (κ1) is 5.27. The molecule has 0 radical (unpaired) electrons. The molecule has 5 heavy (non-hydrogen) atoms. The van der Waals surface area contributed by atoms with Gasteiger partial charge in [0, 0.05) is 4.08 Å². The van der Waals surface area contributed by atoms with Crippen molar-refractivity contribution >= 4 is 22.6 Å². The average molecular weight is 184 g/mol. The topological polar surface area (TPSA) is 9.23 Å². The van der Waals surface area contributed by atoms with E-state index in [9.17, 15) is 0 Å². The zero-order valence-corrected chi connectivity index (χ0v) is 5.10. The molecule has 0 heterocycles. The number of halogens is 1. The van der Waals surface area contributed by atoms with Crippen LogP contribution in [-0.4, -0.2) is 7.11 Å². The van der Waals surface area contributed by atoms with Gasteiger partial charge in [0.2, 0.25) is 0 Å². The van der Waals surface area contributed by atoms with E-state index in [0.29, 0.717) is 0 Å². The summed E-state index contributed by atoms with van der Waals surface area (Å²) in [5.74, 6) is 0. The zero-order valence-electron chi connectivity index (χ0n) is 2.94. The fourth-order valence-electron chi connectivity index (χ4n) is 0.0514. The van der Waals surface area contributed by atoms with Gasteiger partial charge in [0.25, 0.3) is 0 Å². The molecule has 0 fully saturated rings. The Morgan fingerprint density at radius 1 is 1.80 bits per heavy atom. The Bertz CT molecular complexity index is 33.9. The summed E-state index contributed by atoms with van der Waals surface area (Å²) in [5.41, 5.74) is 0. The summed E-state index contributed by atoms with van der Waals surface area (Å²) < 4.78 is 6.31. The van der Waals surface area contributed by atoms with Crippen LogP contribution in [0.5, 0.6) is 0 Å². The SMILES string of the molecule is COC=CI. The third kappa shape index (κ3) is 4.27. The molecule has 0 aromatic heterocycles. The molecule has 0 aliphatic rings. The molecular formula is C3H5IO. The van der Waals surface area contributed by atoms with E-state index in [1.807, 2.05) is 0 Å². The van der Waals surface area contributed by atoms with E-state index in [2.05, 4.69) is 27.3 Å². The number of hydrogen-bond acceptors (Lipinski definition) is 1. The highest BCUT2D eigenvalue weighted by Crippen LogP contribution is 1.80. The second-order valence-corrected chi connectivity index (χ2v) is 1.22. The second kappa shape index (κ2) is 4.27. The van der Waals surface area contributed by atoms with Crippen LogP contribution in [0.2, 0.25) is 0 Å². The Morgan fingerprint density at radius 2 is 2.40 bits per heavy atom. The molecule has 1 nitrogen and oxygen atoms in total. The van der Waals surface area contributed by atoms with Crippen molar-refractivity contribution in [2.75, 3.05) is 7.11 Å². The standard InChI is InChI=1S/C3H5IO/c1-5-3-2-4/h2-3H,1H3. The predicted molar refractivity (Wildman–Crippen MR) is 30.2 cm³/mol. The van der Waals surface area contributed by atoms with Crippen LogP contribution in [0.3, 0.4) is 0 Å². The highest BCUT2D eigenvalue weighted by molar-refractivity contribution is 14.1.